The molecule has 3 aromatic carbocycles. The molecule has 0 radical (unpaired) electrons. The van der Waals surface area contributed by atoms with E-state index >= 15 is 0 Å². The van der Waals surface area contributed by atoms with Crippen LogP contribution in [0.5, 0.6) is 5.75 Å². The van der Waals surface area contributed by atoms with E-state index in [2.05, 4.69) is 4.72 Å². The number of ether oxygens (including phenoxy) is 1. The number of nitrogens with zero attached hydrogens (tertiary/aromatic N) is 1. The van der Waals surface area contributed by atoms with Crippen molar-refractivity contribution in [2.24, 2.45) is 0 Å². The highest BCUT2D eigenvalue weighted by Gasteiger charge is 2.29. The molecule has 1 amide bonds. The Morgan fingerprint density at radius 2 is 1.82 bits per heavy atom. The van der Waals surface area contributed by atoms with Gasteiger partial charge in [-0.15, -0.1) is 0 Å². The maximum atomic E-state index is 13.5. The molecule has 6 nitrogen and oxygen atoms in total. The van der Waals surface area contributed by atoms with E-state index in [0.717, 1.165) is 18.4 Å². The number of hydrogen-bond acceptors (Lipinski definition) is 4. The summed E-state index contributed by atoms with van der Waals surface area (Å²) >= 11 is 0. The third kappa shape index (κ3) is 5.56. The number of carbonyl (C=O) groups excluding carboxylic acids is 1. The summed E-state index contributed by atoms with van der Waals surface area (Å²) in [4.78, 5) is 15.1. The zero-order valence-electron chi connectivity index (χ0n) is 18.9. The fraction of sp³-hybridized carbons (Fsp3) is 0.269. The number of likely N-dealkylation sites (tertiary alicyclic amines) is 1. The number of amides is 1. The molecule has 1 aliphatic heterocycles. The number of hydrogen-bond donors (Lipinski definition) is 1. The Balaban J connectivity index is 1.42. The van der Waals surface area contributed by atoms with Crippen molar-refractivity contribution in [2.45, 2.75) is 37.1 Å². The highest BCUT2D eigenvalue weighted by atomic mass is 32.2. The van der Waals surface area contributed by atoms with E-state index in [9.17, 15) is 17.6 Å². The van der Waals surface area contributed by atoms with Crippen molar-refractivity contribution in [2.75, 3.05) is 17.9 Å². The third-order valence-corrected chi connectivity index (χ3v) is 7.22. The Kier molecular flexibility index (Phi) is 7.17. The van der Waals surface area contributed by atoms with Gasteiger partial charge in [0.05, 0.1) is 11.5 Å². The largest absolute Gasteiger partial charge is 0.494 e. The van der Waals surface area contributed by atoms with Gasteiger partial charge in [-0.1, -0.05) is 12.1 Å². The normalized spacial score (nSPS) is 15.8. The van der Waals surface area contributed by atoms with Crippen molar-refractivity contribution >= 4 is 21.6 Å². The molecular formula is C26H27FN2O4S. The molecule has 34 heavy (non-hydrogen) atoms. The molecule has 4 rings (SSSR count). The van der Waals surface area contributed by atoms with Crippen molar-refractivity contribution < 1.29 is 22.3 Å². The lowest BCUT2D eigenvalue weighted by Gasteiger charge is -2.25. The lowest BCUT2D eigenvalue weighted by molar-refractivity contribution is 0.0736. The minimum atomic E-state index is -3.77. The highest BCUT2D eigenvalue weighted by molar-refractivity contribution is 7.92. The number of carbonyl (C=O) groups is 1. The Bertz CT molecular complexity index is 1240. The molecule has 8 heteroatoms. The molecule has 1 unspecified atom stereocenters. The SMILES string of the molecule is CCOc1ccc(S(=O)(=O)Nc2ccc(C(=O)N3CCCC3Cc3cccc(F)c3)cc2)cc1. The maximum Gasteiger partial charge on any atom is 0.261 e. The first-order chi connectivity index (χ1) is 16.4. The van der Waals surface area contributed by atoms with E-state index in [1.54, 1.807) is 42.5 Å². The summed E-state index contributed by atoms with van der Waals surface area (Å²) in [7, 11) is -3.77. The smallest absolute Gasteiger partial charge is 0.261 e. The van der Waals surface area contributed by atoms with Gasteiger partial charge in [0.2, 0.25) is 0 Å². The summed E-state index contributed by atoms with van der Waals surface area (Å²) in [5, 5.41) is 0. The Morgan fingerprint density at radius 3 is 2.50 bits per heavy atom. The number of sulfonamides is 1. The average Bonchev–Trinajstić information content (AvgIpc) is 3.27. The van der Waals surface area contributed by atoms with E-state index < -0.39 is 10.0 Å². The van der Waals surface area contributed by atoms with E-state index in [4.69, 9.17) is 4.74 Å². The molecule has 1 saturated heterocycles. The van der Waals surface area contributed by atoms with Gasteiger partial charge in [0.25, 0.3) is 15.9 Å². The molecule has 1 heterocycles. The Morgan fingerprint density at radius 1 is 1.09 bits per heavy atom. The molecule has 1 fully saturated rings. The molecule has 1 atom stereocenters. The van der Waals surface area contributed by atoms with Gasteiger partial charge in [0, 0.05) is 23.8 Å². The number of benzene rings is 3. The van der Waals surface area contributed by atoms with Gasteiger partial charge >= 0.3 is 0 Å². The summed E-state index contributed by atoms with van der Waals surface area (Å²) in [6.07, 6.45) is 2.36. The number of rotatable bonds is 8. The molecule has 0 aromatic heterocycles. The molecule has 1 aliphatic rings. The first-order valence-electron chi connectivity index (χ1n) is 11.3. The zero-order valence-corrected chi connectivity index (χ0v) is 19.7. The van der Waals surface area contributed by atoms with Crippen LogP contribution in [0.4, 0.5) is 10.1 Å². The molecule has 0 aliphatic carbocycles. The number of halogens is 1. The van der Waals surface area contributed by atoms with Gasteiger partial charge in [-0.2, -0.15) is 0 Å². The minimum absolute atomic E-state index is 0.00661. The second-order valence-corrected chi connectivity index (χ2v) is 9.90. The van der Waals surface area contributed by atoms with Gasteiger partial charge in [-0.25, -0.2) is 12.8 Å². The molecular weight excluding hydrogens is 455 g/mol. The topological polar surface area (TPSA) is 75.7 Å². The van der Waals surface area contributed by atoms with Crippen LogP contribution in [-0.2, 0) is 16.4 Å². The van der Waals surface area contributed by atoms with Gasteiger partial charge in [-0.05, 0) is 92.4 Å². The molecule has 3 aromatic rings. The van der Waals surface area contributed by atoms with Crippen LogP contribution < -0.4 is 9.46 Å². The second kappa shape index (κ2) is 10.3. The molecule has 0 bridgehead atoms. The summed E-state index contributed by atoms with van der Waals surface area (Å²) < 4.78 is 46.8. The summed E-state index contributed by atoms with van der Waals surface area (Å²) in [5.74, 6) is 0.207. The van der Waals surface area contributed by atoms with Crippen LogP contribution >= 0.6 is 0 Å². The van der Waals surface area contributed by atoms with Crippen LogP contribution in [0.15, 0.2) is 77.7 Å². The summed E-state index contributed by atoms with van der Waals surface area (Å²) in [6, 6.07) is 19.1. The predicted molar refractivity (Wildman–Crippen MR) is 129 cm³/mol. The molecule has 1 N–H and O–H groups in total. The Labute approximate surface area is 199 Å². The van der Waals surface area contributed by atoms with E-state index in [-0.39, 0.29) is 22.7 Å². The van der Waals surface area contributed by atoms with Crippen molar-refractivity contribution in [3.63, 3.8) is 0 Å². The highest BCUT2D eigenvalue weighted by Crippen LogP contribution is 2.25. The molecule has 0 spiro atoms. The van der Waals surface area contributed by atoms with Crippen LogP contribution in [-0.4, -0.2) is 38.4 Å². The monoisotopic (exact) mass is 482 g/mol. The fourth-order valence-electron chi connectivity index (χ4n) is 4.19. The Hall–Kier alpha value is -3.39. The number of nitrogens with one attached hydrogen (secondary N) is 1. The van der Waals surface area contributed by atoms with E-state index in [0.29, 0.717) is 36.6 Å². The van der Waals surface area contributed by atoms with Gasteiger partial charge in [-0.3, -0.25) is 9.52 Å². The lowest BCUT2D eigenvalue weighted by Crippen LogP contribution is -2.36. The first-order valence-corrected chi connectivity index (χ1v) is 12.7. The number of anilines is 1. The van der Waals surface area contributed by atoms with Crippen molar-refractivity contribution in [3.8, 4) is 5.75 Å². The van der Waals surface area contributed by atoms with Crippen LogP contribution in [0.25, 0.3) is 0 Å². The van der Waals surface area contributed by atoms with Crippen LogP contribution in [0.2, 0.25) is 0 Å². The van der Waals surface area contributed by atoms with Crippen LogP contribution in [0.3, 0.4) is 0 Å². The van der Waals surface area contributed by atoms with Crippen molar-refractivity contribution in [1.82, 2.24) is 4.90 Å². The maximum absolute atomic E-state index is 13.5. The fourth-order valence-corrected chi connectivity index (χ4v) is 5.25. The van der Waals surface area contributed by atoms with Crippen LogP contribution in [0.1, 0.15) is 35.7 Å². The van der Waals surface area contributed by atoms with Gasteiger partial charge in [0.15, 0.2) is 0 Å². The van der Waals surface area contributed by atoms with Crippen LogP contribution in [0, 0.1) is 5.82 Å². The first kappa shape index (κ1) is 23.8. The summed E-state index contributed by atoms with van der Waals surface area (Å²) in [6.45, 7) is 3.00. The quantitative estimate of drug-likeness (QED) is 0.497. The minimum Gasteiger partial charge on any atom is -0.494 e. The van der Waals surface area contributed by atoms with E-state index in [1.165, 1.54) is 24.3 Å². The zero-order chi connectivity index (χ0) is 24.1. The second-order valence-electron chi connectivity index (χ2n) is 8.22. The summed E-state index contributed by atoms with van der Waals surface area (Å²) in [5.41, 5.74) is 1.71. The predicted octanol–water partition coefficient (Wildman–Crippen LogP) is 4.87. The van der Waals surface area contributed by atoms with E-state index in [1.807, 2.05) is 17.9 Å². The van der Waals surface area contributed by atoms with Crippen molar-refractivity contribution in [1.29, 1.82) is 0 Å². The van der Waals surface area contributed by atoms with Gasteiger partial charge < -0.3 is 9.64 Å². The van der Waals surface area contributed by atoms with Gasteiger partial charge in [0.1, 0.15) is 11.6 Å². The molecule has 178 valence electrons. The average molecular weight is 483 g/mol. The molecule has 0 saturated carbocycles. The standard InChI is InChI=1S/C26H27FN2O4S/c1-2-33-24-12-14-25(15-13-24)34(31,32)28-22-10-8-20(9-11-22)26(30)29-16-4-7-23(29)18-19-5-3-6-21(27)17-19/h3,5-6,8-15,17,23,28H,2,4,7,16,18H2,1H3. The lowest BCUT2D eigenvalue weighted by atomic mass is 10.0. The third-order valence-electron chi connectivity index (χ3n) is 5.83. The van der Waals surface area contributed by atoms with Crippen molar-refractivity contribution in [3.05, 3.63) is 89.7 Å².